The number of para-hydroxylation sites is 1. The first-order valence-corrected chi connectivity index (χ1v) is 7.35. The van der Waals surface area contributed by atoms with Crippen LogP contribution in [0.4, 0.5) is 0 Å². The van der Waals surface area contributed by atoms with Crippen LogP contribution in [0.1, 0.15) is 17.7 Å². The predicted octanol–water partition coefficient (Wildman–Crippen LogP) is 2.74. The quantitative estimate of drug-likeness (QED) is 0.845. The molecule has 3 nitrogen and oxygen atoms in total. The van der Waals surface area contributed by atoms with Crippen molar-refractivity contribution in [2.24, 2.45) is 0 Å². The zero-order valence-electron chi connectivity index (χ0n) is 12.4. The van der Waals surface area contributed by atoms with Gasteiger partial charge in [0, 0.05) is 37.2 Å². The van der Waals surface area contributed by atoms with E-state index in [-0.39, 0.29) is 0 Å². The van der Waals surface area contributed by atoms with Crippen molar-refractivity contribution in [1.82, 2.24) is 14.4 Å². The van der Waals surface area contributed by atoms with E-state index >= 15 is 0 Å². The summed E-state index contributed by atoms with van der Waals surface area (Å²) in [6.07, 6.45) is 3.40. The summed E-state index contributed by atoms with van der Waals surface area (Å²) in [6, 6.07) is 13.1. The van der Waals surface area contributed by atoms with E-state index in [2.05, 4.69) is 71.1 Å². The molecule has 0 unspecified atom stereocenters. The normalized spacial score (nSPS) is 14.9. The fraction of sp³-hybridized carbons (Fsp3) is 0.412. The number of rotatable bonds is 4. The van der Waals surface area contributed by atoms with E-state index in [0.29, 0.717) is 0 Å². The summed E-state index contributed by atoms with van der Waals surface area (Å²) in [7, 11) is 4.28. The first kappa shape index (κ1) is 13.4. The molecule has 0 saturated carbocycles. The van der Waals surface area contributed by atoms with Crippen LogP contribution in [-0.4, -0.2) is 41.6 Å². The average molecular weight is 269 g/mol. The van der Waals surface area contributed by atoms with E-state index < -0.39 is 0 Å². The Morgan fingerprint density at radius 3 is 2.75 bits per heavy atom. The summed E-state index contributed by atoms with van der Waals surface area (Å²) in [5.74, 6) is 0. The minimum absolute atomic E-state index is 1.04. The highest BCUT2D eigenvalue weighted by Crippen LogP contribution is 2.24. The predicted molar refractivity (Wildman–Crippen MR) is 83.1 cm³/mol. The number of benzene rings is 1. The lowest BCUT2D eigenvalue weighted by atomic mass is 10.1. The van der Waals surface area contributed by atoms with Crippen LogP contribution >= 0.6 is 0 Å². The summed E-state index contributed by atoms with van der Waals surface area (Å²) in [5.41, 5.74) is 4.15. The lowest BCUT2D eigenvalue weighted by Gasteiger charge is -2.21. The molecule has 2 aromatic rings. The Morgan fingerprint density at radius 2 is 1.90 bits per heavy atom. The standard InChI is InChI=1S/C17H23N3/c1-18(2)10-6-11-19-13-15-7-3-4-9-17(15)20-12-5-8-16(20)14-19/h3-5,7-9,12H,6,10-11,13-14H2,1-2H3. The molecule has 0 saturated heterocycles. The second-order valence-corrected chi connectivity index (χ2v) is 5.87. The van der Waals surface area contributed by atoms with Gasteiger partial charge in [0.25, 0.3) is 0 Å². The third kappa shape index (κ3) is 2.79. The molecule has 0 bridgehead atoms. The highest BCUT2D eigenvalue weighted by atomic mass is 15.2. The monoisotopic (exact) mass is 269 g/mol. The summed E-state index contributed by atoms with van der Waals surface area (Å²) in [4.78, 5) is 4.82. The molecule has 0 aliphatic carbocycles. The molecule has 0 spiro atoms. The van der Waals surface area contributed by atoms with Gasteiger partial charge in [-0.05, 0) is 50.8 Å². The van der Waals surface area contributed by atoms with Crippen LogP contribution in [0.5, 0.6) is 0 Å². The fourth-order valence-corrected chi connectivity index (χ4v) is 2.95. The Kier molecular flexibility index (Phi) is 3.90. The smallest absolute Gasteiger partial charge is 0.0497 e. The topological polar surface area (TPSA) is 11.4 Å². The number of hydrogen-bond donors (Lipinski definition) is 0. The highest BCUT2D eigenvalue weighted by Gasteiger charge is 2.17. The minimum Gasteiger partial charge on any atom is -0.319 e. The van der Waals surface area contributed by atoms with Crippen LogP contribution in [0.25, 0.3) is 5.69 Å². The summed E-state index contributed by atoms with van der Waals surface area (Å²) < 4.78 is 2.33. The summed E-state index contributed by atoms with van der Waals surface area (Å²) in [6.45, 7) is 4.39. The molecule has 3 rings (SSSR count). The number of aromatic nitrogens is 1. The second-order valence-electron chi connectivity index (χ2n) is 5.87. The van der Waals surface area contributed by atoms with Crippen LogP contribution in [0.2, 0.25) is 0 Å². The number of nitrogens with zero attached hydrogens (tertiary/aromatic N) is 3. The lowest BCUT2D eigenvalue weighted by molar-refractivity contribution is 0.240. The molecule has 0 atom stereocenters. The van der Waals surface area contributed by atoms with E-state index in [1.165, 1.54) is 23.4 Å². The zero-order chi connectivity index (χ0) is 13.9. The SMILES string of the molecule is CN(C)CCCN1Cc2ccccc2-n2cccc2C1. The van der Waals surface area contributed by atoms with Crippen LogP contribution in [0.3, 0.4) is 0 Å². The van der Waals surface area contributed by atoms with E-state index in [0.717, 1.165) is 26.2 Å². The van der Waals surface area contributed by atoms with Gasteiger partial charge in [-0.1, -0.05) is 18.2 Å². The van der Waals surface area contributed by atoms with E-state index in [1.54, 1.807) is 0 Å². The van der Waals surface area contributed by atoms with Crippen molar-refractivity contribution in [2.75, 3.05) is 27.2 Å². The van der Waals surface area contributed by atoms with Gasteiger partial charge in [0.2, 0.25) is 0 Å². The van der Waals surface area contributed by atoms with Gasteiger partial charge in [0.05, 0.1) is 0 Å². The summed E-state index contributed by atoms with van der Waals surface area (Å²) >= 11 is 0. The van der Waals surface area contributed by atoms with Crippen molar-refractivity contribution >= 4 is 0 Å². The molecule has 0 amide bonds. The van der Waals surface area contributed by atoms with Gasteiger partial charge in [0.15, 0.2) is 0 Å². The Morgan fingerprint density at radius 1 is 1.05 bits per heavy atom. The van der Waals surface area contributed by atoms with Crippen LogP contribution < -0.4 is 0 Å². The van der Waals surface area contributed by atoms with Gasteiger partial charge in [-0.3, -0.25) is 4.90 Å². The molecule has 3 heteroatoms. The molecule has 0 radical (unpaired) electrons. The third-order valence-electron chi connectivity index (χ3n) is 3.94. The van der Waals surface area contributed by atoms with Crippen LogP contribution in [0.15, 0.2) is 42.6 Å². The van der Waals surface area contributed by atoms with E-state index in [4.69, 9.17) is 0 Å². The van der Waals surface area contributed by atoms with Gasteiger partial charge in [0.1, 0.15) is 0 Å². The minimum atomic E-state index is 1.04. The molecule has 0 N–H and O–H groups in total. The molecule has 1 aliphatic rings. The van der Waals surface area contributed by atoms with Gasteiger partial charge >= 0.3 is 0 Å². The van der Waals surface area contributed by atoms with Crippen molar-refractivity contribution in [3.8, 4) is 5.69 Å². The zero-order valence-corrected chi connectivity index (χ0v) is 12.4. The van der Waals surface area contributed by atoms with Crippen molar-refractivity contribution in [2.45, 2.75) is 19.5 Å². The largest absolute Gasteiger partial charge is 0.319 e. The highest BCUT2D eigenvalue weighted by molar-refractivity contribution is 5.44. The molecule has 1 aliphatic heterocycles. The van der Waals surface area contributed by atoms with Gasteiger partial charge < -0.3 is 9.47 Å². The average Bonchev–Trinajstić information content (AvgIpc) is 2.81. The first-order valence-electron chi connectivity index (χ1n) is 7.35. The Hall–Kier alpha value is -1.58. The van der Waals surface area contributed by atoms with E-state index in [1.807, 2.05) is 0 Å². The van der Waals surface area contributed by atoms with Gasteiger partial charge in [-0.15, -0.1) is 0 Å². The molecular weight excluding hydrogens is 246 g/mol. The molecule has 106 valence electrons. The maximum absolute atomic E-state index is 2.56. The third-order valence-corrected chi connectivity index (χ3v) is 3.94. The van der Waals surface area contributed by atoms with Crippen LogP contribution in [0, 0.1) is 0 Å². The lowest BCUT2D eigenvalue weighted by Crippen LogP contribution is -2.26. The molecule has 20 heavy (non-hydrogen) atoms. The summed E-state index contributed by atoms with van der Waals surface area (Å²) in [5, 5.41) is 0. The fourth-order valence-electron chi connectivity index (χ4n) is 2.95. The number of hydrogen-bond acceptors (Lipinski definition) is 2. The Bertz CT molecular complexity index is 571. The molecule has 0 fully saturated rings. The Labute approximate surface area is 121 Å². The van der Waals surface area contributed by atoms with Crippen molar-refractivity contribution < 1.29 is 0 Å². The van der Waals surface area contributed by atoms with Crippen molar-refractivity contribution in [3.05, 3.63) is 53.9 Å². The first-order chi connectivity index (χ1) is 9.74. The van der Waals surface area contributed by atoms with E-state index in [9.17, 15) is 0 Å². The van der Waals surface area contributed by atoms with Crippen molar-refractivity contribution in [1.29, 1.82) is 0 Å². The molecular formula is C17H23N3. The Balaban J connectivity index is 1.82. The van der Waals surface area contributed by atoms with Crippen molar-refractivity contribution in [3.63, 3.8) is 0 Å². The molecule has 2 heterocycles. The molecule has 1 aromatic heterocycles. The second kappa shape index (κ2) is 5.81. The van der Waals surface area contributed by atoms with Gasteiger partial charge in [-0.2, -0.15) is 0 Å². The maximum atomic E-state index is 2.56. The molecule has 1 aromatic carbocycles. The number of fused-ring (bicyclic) bond motifs is 3. The van der Waals surface area contributed by atoms with Crippen LogP contribution in [-0.2, 0) is 13.1 Å². The maximum Gasteiger partial charge on any atom is 0.0497 e. The van der Waals surface area contributed by atoms with Gasteiger partial charge in [-0.25, -0.2) is 0 Å².